The number of aliphatic hydroxyl groups is 5. The van der Waals surface area contributed by atoms with Crippen molar-refractivity contribution in [2.45, 2.75) is 104 Å². The third-order valence-electron chi connectivity index (χ3n) is 13.2. The quantitative estimate of drug-likeness (QED) is 0.314. The van der Waals surface area contributed by atoms with E-state index in [1.165, 1.54) is 5.57 Å². The third kappa shape index (κ3) is 3.21. The molecular weight excluding hydrogens is 472 g/mol. The molecule has 0 aromatic rings. The number of carboxylic acids is 1. The highest BCUT2D eigenvalue weighted by Crippen LogP contribution is 2.75. The fraction of sp³-hybridized carbons (Fsp3) is 0.900. The summed E-state index contributed by atoms with van der Waals surface area (Å²) in [6.07, 6.45) is 4.08. The van der Waals surface area contributed by atoms with E-state index in [1.807, 2.05) is 0 Å². The molecule has 0 unspecified atom stereocenters. The van der Waals surface area contributed by atoms with Crippen LogP contribution in [-0.2, 0) is 4.79 Å². The van der Waals surface area contributed by atoms with Crippen LogP contribution in [0.25, 0.3) is 0 Å². The highest BCUT2D eigenvalue weighted by molar-refractivity contribution is 5.77. The van der Waals surface area contributed by atoms with Gasteiger partial charge in [-0.05, 0) is 90.8 Å². The Bertz CT molecular complexity index is 986. The summed E-state index contributed by atoms with van der Waals surface area (Å²) in [7, 11) is 0. The maximum atomic E-state index is 12.8. The lowest BCUT2D eigenvalue weighted by Crippen LogP contribution is -2.70. The zero-order valence-electron chi connectivity index (χ0n) is 23.2. The van der Waals surface area contributed by atoms with Crippen molar-refractivity contribution in [3.63, 3.8) is 0 Å². The van der Waals surface area contributed by atoms with Gasteiger partial charge in [0.05, 0.1) is 31.5 Å². The molecular formula is C30H48O7. The van der Waals surface area contributed by atoms with Gasteiger partial charge in [0.2, 0.25) is 0 Å². The second-order valence-corrected chi connectivity index (χ2v) is 15.0. The van der Waals surface area contributed by atoms with Gasteiger partial charge in [-0.1, -0.05) is 46.3 Å². The molecule has 4 fully saturated rings. The predicted molar refractivity (Wildman–Crippen MR) is 138 cm³/mol. The second kappa shape index (κ2) is 8.26. The summed E-state index contributed by atoms with van der Waals surface area (Å²) in [5.74, 6) is -1.18. The standard InChI is InChI=1S/C30H48O7/c1-25(2)10-11-30(24(36)37)18(12-25)17-6-7-20-26(3)13-19(33)23(35)29(15-31,16-32)21(26)8-9-27(20,4)28(17,5)14-22(30)34/h6,18-23,31-35H,7-16H2,1-5H3,(H,36,37)/t18-,19-,20-,21-,22+,23-,26-,27+,28-,30-/m1/s1. The molecule has 10 atom stereocenters. The van der Waals surface area contributed by atoms with Crippen LogP contribution in [0, 0.1) is 50.2 Å². The van der Waals surface area contributed by atoms with Gasteiger partial charge in [-0.3, -0.25) is 4.79 Å². The molecule has 7 heteroatoms. The molecule has 4 saturated carbocycles. The summed E-state index contributed by atoms with van der Waals surface area (Å²) in [6.45, 7) is 10.3. The lowest BCUT2D eigenvalue weighted by Gasteiger charge is -2.72. The van der Waals surface area contributed by atoms with Crippen LogP contribution in [0.5, 0.6) is 0 Å². The lowest BCUT2D eigenvalue weighted by atomic mass is 9.33. The lowest BCUT2D eigenvalue weighted by molar-refractivity contribution is -0.260. The van der Waals surface area contributed by atoms with Crippen LogP contribution in [0.1, 0.15) is 86.0 Å². The van der Waals surface area contributed by atoms with E-state index in [4.69, 9.17) is 0 Å². The largest absolute Gasteiger partial charge is 0.481 e. The van der Waals surface area contributed by atoms with Crippen LogP contribution >= 0.6 is 0 Å². The molecule has 0 aliphatic heterocycles. The fourth-order valence-electron chi connectivity index (χ4n) is 10.9. The zero-order chi connectivity index (χ0) is 27.4. The summed E-state index contributed by atoms with van der Waals surface area (Å²) < 4.78 is 0. The molecule has 0 spiro atoms. The highest BCUT2D eigenvalue weighted by Gasteiger charge is 2.72. The maximum absolute atomic E-state index is 12.8. The van der Waals surface area contributed by atoms with Crippen molar-refractivity contribution in [3.8, 4) is 0 Å². The first-order chi connectivity index (χ1) is 17.1. The summed E-state index contributed by atoms with van der Waals surface area (Å²) in [6, 6.07) is 0. The van der Waals surface area contributed by atoms with Crippen LogP contribution in [0.4, 0.5) is 0 Å². The number of carbonyl (C=O) groups is 1. The van der Waals surface area contributed by atoms with Crippen molar-refractivity contribution in [2.75, 3.05) is 13.2 Å². The van der Waals surface area contributed by atoms with E-state index in [9.17, 15) is 35.4 Å². The maximum Gasteiger partial charge on any atom is 0.312 e. The van der Waals surface area contributed by atoms with Gasteiger partial charge >= 0.3 is 5.97 Å². The summed E-state index contributed by atoms with van der Waals surface area (Å²) >= 11 is 0. The van der Waals surface area contributed by atoms with E-state index in [1.54, 1.807) is 0 Å². The first kappa shape index (κ1) is 27.6. The average Bonchev–Trinajstić information content (AvgIpc) is 2.80. The van der Waals surface area contributed by atoms with E-state index in [0.717, 1.165) is 25.7 Å². The second-order valence-electron chi connectivity index (χ2n) is 15.0. The number of aliphatic carboxylic acids is 1. The highest BCUT2D eigenvalue weighted by atomic mass is 16.4. The first-order valence-corrected chi connectivity index (χ1v) is 14.3. The fourth-order valence-corrected chi connectivity index (χ4v) is 10.9. The number of hydrogen-bond donors (Lipinski definition) is 6. The van der Waals surface area contributed by atoms with Crippen molar-refractivity contribution in [1.29, 1.82) is 0 Å². The Morgan fingerprint density at radius 1 is 0.919 bits per heavy atom. The van der Waals surface area contributed by atoms with Gasteiger partial charge in [0, 0.05) is 5.41 Å². The van der Waals surface area contributed by atoms with Crippen molar-refractivity contribution < 1.29 is 35.4 Å². The minimum absolute atomic E-state index is 0.00467. The topological polar surface area (TPSA) is 138 Å². The van der Waals surface area contributed by atoms with E-state index in [2.05, 4.69) is 40.7 Å². The van der Waals surface area contributed by atoms with E-state index in [0.29, 0.717) is 25.7 Å². The van der Waals surface area contributed by atoms with Crippen molar-refractivity contribution in [3.05, 3.63) is 11.6 Å². The molecule has 7 nitrogen and oxygen atoms in total. The van der Waals surface area contributed by atoms with E-state index in [-0.39, 0.29) is 41.8 Å². The minimum atomic E-state index is -1.19. The Morgan fingerprint density at radius 2 is 1.57 bits per heavy atom. The molecule has 0 saturated heterocycles. The van der Waals surface area contributed by atoms with Crippen LogP contribution in [0.15, 0.2) is 11.6 Å². The Hall–Kier alpha value is -0.990. The monoisotopic (exact) mass is 520 g/mol. The molecule has 6 N–H and O–H groups in total. The molecule has 0 aromatic heterocycles. The Morgan fingerprint density at radius 3 is 2.16 bits per heavy atom. The van der Waals surface area contributed by atoms with Crippen molar-refractivity contribution in [2.24, 2.45) is 50.2 Å². The van der Waals surface area contributed by atoms with E-state index < -0.39 is 45.9 Å². The number of carboxylic acid groups (broad SMARTS) is 1. The predicted octanol–water partition coefficient (Wildman–Crippen LogP) is 3.12. The van der Waals surface area contributed by atoms with Crippen LogP contribution in [0.3, 0.4) is 0 Å². The third-order valence-corrected chi connectivity index (χ3v) is 13.2. The number of fused-ring (bicyclic) bond motifs is 7. The summed E-state index contributed by atoms with van der Waals surface area (Å²) in [4.78, 5) is 12.8. The number of rotatable bonds is 3. The molecule has 37 heavy (non-hydrogen) atoms. The normalized spacial score (nSPS) is 52.1. The van der Waals surface area contributed by atoms with Gasteiger partial charge in [0.1, 0.15) is 5.41 Å². The van der Waals surface area contributed by atoms with Crippen LogP contribution in [0.2, 0.25) is 0 Å². The number of hydrogen-bond acceptors (Lipinski definition) is 6. The Labute approximate surface area is 221 Å². The average molecular weight is 521 g/mol. The van der Waals surface area contributed by atoms with Crippen molar-refractivity contribution >= 4 is 5.97 Å². The van der Waals surface area contributed by atoms with Gasteiger partial charge < -0.3 is 30.6 Å². The molecule has 0 amide bonds. The van der Waals surface area contributed by atoms with Gasteiger partial charge in [-0.15, -0.1) is 0 Å². The molecule has 210 valence electrons. The summed E-state index contributed by atoms with van der Waals surface area (Å²) in [5.41, 5.74) is -2.26. The molecule has 5 aliphatic rings. The molecule has 0 heterocycles. The van der Waals surface area contributed by atoms with Crippen LogP contribution < -0.4 is 0 Å². The Kier molecular flexibility index (Phi) is 6.16. The minimum Gasteiger partial charge on any atom is -0.481 e. The van der Waals surface area contributed by atoms with Crippen molar-refractivity contribution in [1.82, 2.24) is 0 Å². The number of aliphatic hydroxyl groups excluding tert-OH is 5. The molecule has 0 aromatic carbocycles. The molecule has 0 bridgehead atoms. The van der Waals surface area contributed by atoms with Gasteiger partial charge in [-0.2, -0.15) is 0 Å². The summed E-state index contributed by atoms with van der Waals surface area (Å²) in [5, 5.41) is 65.1. The molecule has 0 radical (unpaired) electrons. The zero-order valence-corrected chi connectivity index (χ0v) is 23.2. The van der Waals surface area contributed by atoms with Gasteiger partial charge in [0.15, 0.2) is 0 Å². The Balaban J connectivity index is 1.64. The molecule has 5 rings (SSSR count). The SMILES string of the molecule is CC1(C)CC[C@@]2(C(=O)O)[C@H](C1)C1=CC[C@@H]3[C@@]4(C)C[C@@H](O)[C@@H](O)C(CO)(CO)[C@@H]4CC[C@]3(C)[C@]1(C)C[C@@H]2O. The first-order valence-electron chi connectivity index (χ1n) is 14.3. The smallest absolute Gasteiger partial charge is 0.312 e. The number of allylic oxidation sites excluding steroid dienone is 2. The van der Waals surface area contributed by atoms with Crippen LogP contribution in [-0.4, -0.2) is 68.1 Å². The van der Waals surface area contributed by atoms with Gasteiger partial charge in [-0.25, -0.2) is 0 Å². The van der Waals surface area contributed by atoms with Gasteiger partial charge in [0.25, 0.3) is 0 Å². The molecule has 5 aliphatic carbocycles. The van der Waals surface area contributed by atoms with E-state index >= 15 is 0 Å².